The average molecular weight is 437 g/mol. The van der Waals surface area contributed by atoms with Gasteiger partial charge >= 0.3 is 0 Å². The molecule has 0 saturated heterocycles. The molecule has 158 valence electrons. The number of hydrogen-bond acceptors (Lipinski definition) is 3. The summed E-state index contributed by atoms with van der Waals surface area (Å²) >= 11 is 5.94. The lowest BCUT2D eigenvalue weighted by molar-refractivity contribution is -0.123. The van der Waals surface area contributed by atoms with Gasteiger partial charge in [0.15, 0.2) is 0 Å². The zero-order valence-corrected chi connectivity index (χ0v) is 19.1. The van der Waals surface area contributed by atoms with Crippen LogP contribution >= 0.6 is 11.6 Å². The van der Waals surface area contributed by atoms with Crippen molar-refractivity contribution < 1.29 is 13.2 Å². The molecule has 7 heteroatoms. The van der Waals surface area contributed by atoms with Gasteiger partial charge in [-0.15, -0.1) is 0 Å². The average Bonchev–Trinajstić information content (AvgIpc) is 2.64. The van der Waals surface area contributed by atoms with E-state index in [1.807, 2.05) is 32.9 Å². The zero-order chi connectivity index (χ0) is 21.8. The van der Waals surface area contributed by atoms with Crippen LogP contribution in [0.5, 0.6) is 0 Å². The SMILES string of the molecule is CC[C@H](NC(=O)[C@H](CC)N(c1ccc(Cl)cc1)S(C)(=O)=O)c1ccc(C)cc1C. The molecule has 0 aliphatic carbocycles. The van der Waals surface area contributed by atoms with Gasteiger partial charge in [0.2, 0.25) is 15.9 Å². The van der Waals surface area contributed by atoms with Gasteiger partial charge in [-0.05, 0) is 62.1 Å². The number of aryl methyl sites for hydroxylation is 2. The number of carbonyl (C=O) groups is 1. The van der Waals surface area contributed by atoms with Crippen molar-refractivity contribution in [1.29, 1.82) is 0 Å². The molecule has 0 fully saturated rings. The third kappa shape index (κ3) is 5.73. The van der Waals surface area contributed by atoms with Crippen molar-refractivity contribution in [3.05, 3.63) is 64.2 Å². The highest BCUT2D eigenvalue weighted by atomic mass is 35.5. The molecule has 2 aromatic rings. The Bertz CT molecular complexity index is 959. The van der Waals surface area contributed by atoms with Crippen molar-refractivity contribution in [1.82, 2.24) is 5.32 Å². The molecule has 0 spiro atoms. The van der Waals surface area contributed by atoms with Crippen LogP contribution in [-0.4, -0.2) is 26.6 Å². The number of nitrogens with zero attached hydrogens (tertiary/aromatic N) is 1. The summed E-state index contributed by atoms with van der Waals surface area (Å²) in [4.78, 5) is 13.2. The van der Waals surface area contributed by atoms with Crippen LogP contribution < -0.4 is 9.62 Å². The Kier molecular flexibility index (Phi) is 7.72. The lowest BCUT2D eigenvalue weighted by Gasteiger charge is -2.31. The number of nitrogens with one attached hydrogen (secondary N) is 1. The normalized spacial score (nSPS) is 13.6. The van der Waals surface area contributed by atoms with Crippen LogP contribution in [0, 0.1) is 13.8 Å². The van der Waals surface area contributed by atoms with Gasteiger partial charge in [-0.25, -0.2) is 8.42 Å². The first-order valence-corrected chi connectivity index (χ1v) is 11.9. The van der Waals surface area contributed by atoms with E-state index in [4.69, 9.17) is 11.6 Å². The summed E-state index contributed by atoms with van der Waals surface area (Å²) in [6, 6.07) is 11.5. The highest BCUT2D eigenvalue weighted by Crippen LogP contribution is 2.26. The molecule has 0 aromatic heterocycles. The molecule has 2 aromatic carbocycles. The first-order valence-electron chi connectivity index (χ1n) is 9.71. The Hall–Kier alpha value is -2.05. The number of carbonyl (C=O) groups excluding carboxylic acids is 1. The highest BCUT2D eigenvalue weighted by Gasteiger charge is 2.32. The van der Waals surface area contributed by atoms with E-state index < -0.39 is 16.1 Å². The first-order chi connectivity index (χ1) is 13.6. The van der Waals surface area contributed by atoms with E-state index in [0.717, 1.165) is 22.9 Å². The van der Waals surface area contributed by atoms with Crippen molar-refractivity contribution in [3.63, 3.8) is 0 Å². The summed E-state index contributed by atoms with van der Waals surface area (Å²) in [5.41, 5.74) is 3.71. The molecule has 0 heterocycles. The van der Waals surface area contributed by atoms with Crippen LogP contribution in [0.3, 0.4) is 0 Å². The quantitative estimate of drug-likeness (QED) is 0.648. The minimum absolute atomic E-state index is 0.191. The fourth-order valence-electron chi connectivity index (χ4n) is 3.53. The molecule has 29 heavy (non-hydrogen) atoms. The maximum Gasteiger partial charge on any atom is 0.244 e. The van der Waals surface area contributed by atoms with E-state index in [2.05, 4.69) is 11.4 Å². The summed E-state index contributed by atoms with van der Waals surface area (Å²) in [6.45, 7) is 7.85. The number of amides is 1. The highest BCUT2D eigenvalue weighted by molar-refractivity contribution is 7.92. The van der Waals surface area contributed by atoms with Gasteiger partial charge in [-0.1, -0.05) is 49.2 Å². The molecule has 0 bridgehead atoms. The number of anilines is 1. The van der Waals surface area contributed by atoms with Crippen molar-refractivity contribution in [2.45, 2.75) is 52.6 Å². The summed E-state index contributed by atoms with van der Waals surface area (Å²) in [6.07, 6.45) is 2.15. The van der Waals surface area contributed by atoms with Gasteiger partial charge in [-0.2, -0.15) is 0 Å². The van der Waals surface area contributed by atoms with Crippen LogP contribution in [0.2, 0.25) is 5.02 Å². The second kappa shape index (κ2) is 9.63. The Morgan fingerprint density at radius 1 is 1.07 bits per heavy atom. The van der Waals surface area contributed by atoms with Crippen LogP contribution in [0.25, 0.3) is 0 Å². The fraction of sp³-hybridized carbons (Fsp3) is 0.409. The van der Waals surface area contributed by atoms with E-state index >= 15 is 0 Å². The molecule has 0 aliphatic heterocycles. The molecular formula is C22H29ClN2O3S. The minimum Gasteiger partial charge on any atom is -0.347 e. The molecule has 1 amide bonds. The zero-order valence-electron chi connectivity index (χ0n) is 17.6. The Balaban J connectivity index is 2.36. The number of benzene rings is 2. The molecule has 0 unspecified atom stereocenters. The maximum absolute atomic E-state index is 13.2. The van der Waals surface area contributed by atoms with Gasteiger partial charge in [0.25, 0.3) is 0 Å². The van der Waals surface area contributed by atoms with E-state index in [9.17, 15) is 13.2 Å². The van der Waals surface area contributed by atoms with Crippen molar-refractivity contribution in [2.75, 3.05) is 10.6 Å². The lowest BCUT2D eigenvalue weighted by Crippen LogP contribution is -2.50. The van der Waals surface area contributed by atoms with Crippen LogP contribution in [0.4, 0.5) is 5.69 Å². The van der Waals surface area contributed by atoms with Crippen molar-refractivity contribution in [2.24, 2.45) is 0 Å². The number of halogens is 1. The van der Waals surface area contributed by atoms with Gasteiger partial charge in [0.05, 0.1) is 18.0 Å². The summed E-state index contributed by atoms with van der Waals surface area (Å²) in [7, 11) is -3.68. The molecule has 5 nitrogen and oxygen atoms in total. The summed E-state index contributed by atoms with van der Waals surface area (Å²) in [5, 5.41) is 3.56. The largest absolute Gasteiger partial charge is 0.347 e. The van der Waals surface area contributed by atoms with Crippen LogP contribution in [-0.2, 0) is 14.8 Å². The molecule has 0 saturated carbocycles. The summed E-state index contributed by atoms with van der Waals surface area (Å²) < 4.78 is 26.3. The van der Waals surface area contributed by atoms with E-state index in [1.54, 1.807) is 31.2 Å². The van der Waals surface area contributed by atoms with E-state index in [0.29, 0.717) is 23.6 Å². The predicted octanol–water partition coefficient (Wildman–Crippen LogP) is 4.77. The molecule has 0 radical (unpaired) electrons. The first kappa shape index (κ1) is 23.2. The van der Waals surface area contributed by atoms with Gasteiger partial charge in [0, 0.05) is 5.02 Å². The van der Waals surface area contributed by atoms with Crippen LogP contribution in [0.1, 0.15) is 49.4 Å². The van der Waals surface area contributed by atoms with Crippen LogP contribution in [0.15, 0.2) is 42.5 Å². The second-order valence-electron chi connectivity index (χ2n) is 7.29. The molecular weight excluding hydrogens is 408 g/mol. The predicted molar refractivity (Wildman–Crippen MR) is 120 cm³/mol. The van der Waals surface area contributed by atoms with E-state index in [-0.39, 0.29) is 11.9 Å². The van der Waals surface area contributed by atoms with Gasteiger partial charge < -0.3 is 5.32 Å². The van der Waals surface area contributed by atoms with Crippen molar-refractivity contribution >= 4 is 33.2 Å². The number of hydrogen-bond donors (Lipinski definition) is 1. The Morgan fingerprint density at radius 2 is 1.69 bits per heavy atom. The molecule has 1 N–H and O–H groups in total. The molecule has 2 rings (SSSR count). The summed E-state index contributed by atoms with van der Waals surface area (Å²) in [5.74, 6) is -0.320. The smallest absolute Gasteiger partial charge is 0.244 e. The minimum atomic E-state index is -3.68. The van der Waals surface area contributed by atoms with Crippen molar-refractivity contribution in [3.8, 4) is 0 Å². The molecule has 0 aliphatic rings. The monoisotopic (exact) mass is 436 g/mol. The van der Waals surface area contributed by atoms with E-state index in [1.165, 1.54) is 4.31 Å². The third-order valence-electron chi connectivity index (χ3n) is 4.94. The molecule has 2 atom stereocenters. The van der Waals surface area contributed by atoms with Gasteiger partial charge in [-0.3, -0.25) is 9.10 Å². The second-order valence-corrected chi connectivity index (χ2v) is 9.58. The number of sulfonamides is 1. The lowest BCUT2D eigenvalue weighted by atomic mass is 9.97. The standard InChI is InChI=1S/C22H29ClN2O3S/c1-6-20(19-13-8-15(3)14-16(19)4)24-22(26)21(7-2)25(29(5,27)28)18-11-9-17(23)10-12-18/h8-14,20-21H,6-7H2,1-5H3,(H,24,26)/t20-,21-/m0/s1. The topological polar surface area (TPSA) is 66.5 Å². The van der Waals surface area contributed by atoms with Gasteiger partial charge in [0.1, 0.15) is 6.04 Å². The Labute approximate surface area is 179 Å². The Morgan fingerprint density at radius 3 is 2.17 bits per heavy atom. The fourth-order valence-corrected chi connectivity index (χ4v) is 4.87. The third-order valence-corrected chi connectivity index (χ3v) is 6.37. The number of rotatable bonds is 8. The maximum atomic E-state index is 13.2.